The molecule has 0 aliphatic carbocycles. The highest BCUT2D eigenvalue weighted by molar-refractivity contribution is 9.10. The van der Waals surface area contributed by atoms with Gasteiger partial charge in [0.25, 0.3) is 0 Å². The SMILES string of the molecule is N#Cc1cc(Br)cc(Nc2ccc(F)cc2C#N)c1. The van der Waals surface area contributed by atoms with Crippen molar-refractivity contribution in [3.05, 3.63) is 57.8 Å². The van der Waals surface area contributed by atoms with E-state index >= 15 is 0 Å². The first-order valence-electron chi connectivity index (χ1n) is 5.30. The van der Waals surface area contributed by atoms with Crippen LogP contribution in [0, 0.1) is 28.5 Å². The van der Waals surface area contributed by atoms with Crippen LogP contribution in [0.2, 0.25) is 0 Å². The van der Waals surface area contributed by atoms with Crippen molar-refractivity contribution in [2.45, 2.75) is 0 Å². The molecule has 0 fully saturated rings. The highest BCUT2D eigenvalue weighted by atomic mass is 79.9. The van der Waals surface area contributed by atoms with E-state index in [4.69, 9.17) is 10.5 Å². The number of nitrogens with one attached hydrogen (secondary N) is 1. The normalized spacial score (nSPS) is 9.47. The van der Waals surface area contributed by atoms with E-state index in [1.54, 1.807) is 18.2 Å². The van der Waals surface area contributed by atoms with Crippen LogP contribution in [0.15, 0.2) is 40.9 Å². The molecule has 0 unspecified atom stereocenters. The fourth-order valence-electron chi connectivity index (χ4n) is 1.60. The molecule has 0 aliphatic rings. The van der Waals surface area contributed by atoms with Crippen molar-refractivity contribution in [1.29, 1.82) is 10.5 Å². The molecule has 5 heteroatoms. The molecular formula is C14H7BrFN3. The fraction of sp³-hybridized carbons (Fsp3) is 0. The predicted octanol–water partition coefficient (Wildman–Crippen LogP) is 4.08. The zero-order valence-corrected chi connectivity index (χ0v) is 11.2. The van der Waals surface area contributed by atoms with Gasteiger partial charge in [-0.25, -0.2) is 4.39 Å². The Morgan fingerprint density at radius 3 is 2.53 bits per heavy atom. The number of nitriles is 2. The highest BCUT2D eigenvalue weighted by Crippen LogP contribution is 2.25. The highest BCUT2D eigenvalue weighted by Gasteiger charge is 2.05. The van der Waals surface area contributed by atoms with Gasteiger partial charge in [-0.15, -0.1) is 0 Å². The van der Waals surface area contributed by atoms with Gasteiger partial charge < -0.3 is 5.32 Å². The summed E-state index contributed by atoms with van der Waals surface area (Å²) >= 11 is 3.30. The third-order valence-electron chi connectivity index (χ3n) is 2.41. The number of benzene rings is 2. The second-order valence-electron chi connectivity index (χ2n) is 3.77. The maximum absolute atomic E-state index is 13.0. The molecule has 0 heterocycles. The van der Waals surface area contributed by atoms with Gasteiger partial charge in [-0.3, -0.25) is 0 Å². The van der Waals surface area contributed by atoms with Crippen molar-refractivity contribution in [3.8, 4) is 12.1 Å². The maximum atomic E-state index is 13.0. The number of halogens is 2. The minimum atomic E-state index is -0.464. The van der Waals surface area contributed by atoms with E-state index in [1.165, 1.54) is 12.1 Å². The zero-order chi connectivity index (χ0) is 13.8. The minimum Gasteiger partial charge on any atom is -0.354 e. The third kappa shape index (κ3) is 3.09. The smallest absolute Gasteiger partial charge is 0.124 e. The van der Waals surface area contributed by atoms with Gasteiger partial charge in [0.1, 0.15) is 11.9 Å². The first-order valence-corrected chi connectivity index (χ1v) is 6.09. The van der Waals surface area contributed by atoms with Crippen molar-refractivity contribution >= 4 is 27.3 Å². The average Bonchev–Trinajstić information content (AvgIpc) is 2.40. The van der Waals surface area contributed by atoms with E-state index in [0.717, 1.165) is 10.5 Å². The molecule has 0 amide bonds. The van der Waals surface area contributed by atoms with E-state index in [2.05, 4.69) is 21.2 Å². The van der Waals surface area contributed by atoms with Crippen LogP contribution in [0.5, 0.6) is 0 Å². The Hall–Kier alpha value is -2.37. The quantitative estimate of drug-likeness (QED) is 0.908. The second kappa shape index (κ2) is 5.51. The Labute approximate surface area is 118 Å². The average molecular weight is 316 g/mol. The first kappa shape index (κ1) is 13.1. The van der Waals surface area contributed by atoms with Crippen LogP contribution in [0.25, 0.3) is 0 Å². The number of anilines is 2. The molecule has 2 aromatic rings. The zero-order valence-electron chi connectivity index (χ0n) is 9.61. The summed E-state index contributed by atoms with van der Waals surface area (Å²) in [6.45, 7) is 0. The largest absolute Gasteiger partial charge is 0.354 e. The molecule has 0 radical (unpaired) electrons. The summed E-state index contributed by atoms with van der Waals surface area (Å²) in [4.78, 5) is 0. The standard InChI is InChI=1S/C14H7BrFN3/c15-11-3-9(7-17)4-13(6-11)19-14-2-1-12(16)5-10(14)8-18/h1-6,19H. The van der Waals surface area contributed by atoms with Gasteiger partial charge in [-0.1, -0.05) is 15.9 Å². The molecule has 2 rings (SSSR count). The van der Waals surface area contributed by atoms with Crippen molar-refractivity contribution in [2.24, 2.45) is 0 Å². The van der Waals surface area contributed by atoms with Gasteiger partial charge >= 0.3 is 0 Å². The molecule has 92 valence electrons. The fourth-order valence-corrected chi connectivity index (χ4v) is 2.09. The summed E-state index contributed by atoms with van der Waals surface area (Å²) < 4.78 is 13.8. The molecule has 0 aromatic heterocycles. The Morgan fingerprint density at radius 1 is 1.05 bits per heavy atom. The first-order chi connectivity index (χ1) is 9.12. The number of hydrogen-bond donors (Lipinski definition) is 1. The molecule has 19 heavy (non-hydrogen) atoms. The van der Waals surface area contributed by atoms with Crippen LogP contribution >= 0.6 is 15.9 Å². The van der Waals surface area contributed by atoms with E-state index < -0.39 is 5.82 Å². The molecule has 0 atom stereocenters. The van der Waals surface area contributed by atoms with E-state index in [0.29, 0.717) is 16.9 Å². The molecule has 0 saturated carbocycles. The topological polar surface area (TPSA) is 59.6 Å². The van der Waals surface area contributed by atoms with Gasteiger partial charge in [-0.05, 0) is 36.4 Å². The predicted molar refractivity (Wildman–Crippen MR) is 73.3 cm³/mol. The molecule has 0 saturated heterocycles. The summed E-state index contributed by atoms with van der Waals surface area (Å²) in [6, 6.07) is 13.0. The summed E-state index contributed by atoms with van der Waals surface area (Å²) in [6.07, 6.45) is 0. The van der Waals surface area contributed by atoms with E-state index in [9.17, 15) is 4.39 Å². The Bertz CT molecular complexity index is 714. The minimum absolute atomic E-state index is 0.207. The molecule has 0 aliphatic heterocycles. The summed E-state index contributed by atoms with van der Waals surface area (Å²) in [7, 11) is 0. The van der Waals surface area contributed by atoms with E-state index in [-0.39, 0.29) is 5.56 Å². The van der Waals surface area contributed by atoms with Crippen LogP contribution in [-0.4, -0.2) is 0 Å². The van der Waals surface area contributed by atoms with Gasteiger partial charge in [0.15, 0.2) is 0 Å². The third-order valence-corrected chi connectivity index (χ3v) is 2.87. The van der Waals surface area contributed by atoms with Crippen LogP contribution in [0.1, 0.15) is 11.1 Å². The summed E-state index contributed by atoms with van der Waals surface area (Å²) in [5.41, 5.74) is 1.83. The Balaban J connectivity index is 2.40. The molecule has 3 nitrogen and oxygen atoms in total. The van der Waals surface area contributed by atoms with Crippen molar-refractivity contribution in [2.75, 3.05) is 5.32 Å². The number of hydrogen-bond acceptors (Lipinski definition) is 3. The Morgan fingerprint density at radius 2 is 1.84 bits per heavy atom. The van der Waals surface area contributed by atoms with Crippen LogP contribution in [0.4, 0.5) is 15.8 Å². The monoisotopic (exact) mass is 315 g/mol. The maximum Gasteiger partial charge on any atom is 0.124 e. The van der Waals surface area contributed by atoms with E-state index in [1.807, 2.05) is 12.1 Å². The van der Waals surface area contributed by atoms with Gasteiger partial charge in [-0.2, -0.15) is 10.5 Å². The van der Waals surface area contributed by atoms with Crippen LogP contribution < -0.4 is 5.32 Å². The molecule has 2 aromatic carbocycles. The van der Waals surface area contributed by atoms with Gasteiger partial charge in [0.05, 0.1) is 22.9 Å². The molecule has 1 N–H and O–H groups in total. The van der Waals surface area contributed by atoms with Crippen LogP contribution in [0.3, 0.4) is 0 Å². The molecule has 0 spiro atoms. The molecule has 0 bridgehead atoms. The van der Waals surface area contributed by atoms with Crippen LogP contribution in [-0.2, 0) is 0 Å². The van der Waals surface area contributed by atoms with Gasteiger partial charge in [0, 0.05) is 10.2 Å². The van der Waals surface area contributed by atoms with Gasteiger partial charge in [0.2, 0.25) is 0 Å². The lowest BCUT2D eigenvalue weighted by atomic mass is 10.1. The molecular weight excluding hydrogens is 309 g/mol. The number of nitrogens with zero attached hydrogens (tertiary/aromatic N) is 2. The summed E-state index contributed by atoms with van der Waals surface area (Å²) in [5.74, 6) is -0.464. The van der Waals surface area contributed by atoms with Crippen molar-refractivity contribution < 1.29 is 4.39 Å². The lowest BCUT2D eigenvalue weighted by molar-refractivity contribution is 0.627. The second-order valence-corrected chi connectivity index (χ2v) is 4.68. The number of rotatable bonds is 2. The van der Waals surface area contributed by atoms with Crippen molar-refractivity contribution in [3.63, 3.8) is 0 Å². The Kier molecular flexibility index (Phi) is 3.79. The van der Waals surface area contributed by atoms with Crippen molar-refractivity contribution in [1.82, 2.24) is 0 Å². The lowest BCUT2D eigenvalue weighted by Gasteiger charge is -2.09. The summed E-state index contributed by atoms with van der Waals surface area (Å²) in [5, 5.41) is 20.8. The lowest BCUT2D eigenvalue weighted by Crippen LogP contribution is -1.95.